The van der Waals surface area contributed by atoms with E-state index >= 15 is 0 Å². The van der Waals surface area contributed by atoms with Gasteiger partial charge in [0.25, 0.3) is 0 Å². The van der Waals surface area contributed by atoms with E-state index in [-0.39, 0.29) is 5.95 Å². The maximum atomic E-state index is 8.27. The number of nitriles is 1. The summed E-state index contributed by atoms with van der Waals surface area (Å²) in [6, 6.07) is 1.97. The molecule has 0 saturated heterocycles. The molecule has 0 spiro atoms. The number of nitrogens with zero attached hydrogens (tertiary/aromatic N) is 3. The van der Waals surface area contributed by atoms with Gasteiger partial charge in [0.05, 0.1) is 12.5 Å². The Kier molecular flexibility index (Phi) is 3.23. The number of hydrogen-bond acceptors (Lipinski definition) is 4. The van der Waals surface area contributed by atoms with Crippen molar-refractivity contribution in [2.24, 2.45) is 0 Å². The summed E-state index contributed by atoms with van der Waals surface area (Å²) in [6.45, 7) is 0. The molecule has 2 N–H and O–H groups in total. The van der Waals surface area contributed by atoms with E-state index in [1.54, 1.807) is 12.2 Å². The van der Waals surface area contributed by atoms with Crippen LogP contribution in [0, 0.1) is 11.3 Å². The van der Waals surface area contributed by atoms with Crippen LogP contribution >= 0.6 is 11.6 Å². The summed E-state index contributed by atoms with van der Waals surface area (Å²) in [5, 5.41) is 8.57. The van der Waals surface area contributed by atoms with Gasteiger partial charge < -0.3 is 5.73 Å². The van der Waals surface area contributed by atoms with Crippen LogP contribution in [0.3, 0.4) is 0 Å². The fraction of sp³-hybridized carbons (Fsp3) is 0.125. The number of nitrogen functional groups attached to an aromatic ring is 1. The molecule has 0 aliphatic rings. The van der Waals surface area contributed by atoms with E-state index < -0.39 is 0 Å². The van der Waals surface area contributed by atoms with Gasteiger partial charge in [0.1, 0.15) is 5.15 Å². The first-order valence-electron chi connectivity index (χ1n) is 3.55. The number of hydrogen-bond donors (Lipinski definition) is 1. The molecule has 0 aliphatic carbocycles. The zero-order valence-corrected chi connectivity index (χ0v) is 7.49. The molecule has 0 unspecified atom stereocenters. The molecule has 66 valence electrons. The zero-order valence-electron chi connectivity index (χ0n) is 6.74. The molecule has 0 amide bonds. The minimum absolute atomic E-state index is 0.141. The Hall–Kier alpha value is -1.60. The average Bonchev–Trinajstić information content (AvgIpc) is 2.09. The van der Waals surface area contributed by atoms with Crippen LogP contribution in [0.5, 0.6) is 0 Å². The maximum absolute atomic E-state index is 8.27. The second-order valence-electron chi connectivity index (χ2n) is 2.24. The SMILES string of the molecule is N#CCC=Cc1cnc(N)nc1Cl. The Bertz CT molecular complexity index is 367. The number of anilines is 1. The van der Waals surface area contributed by atoms with Gasteiger partial charge in [0.2, 0.25) is 5.95 Å². The Balaban J connectivity index is 2.85. The molecule has 0 radical (unpaired) electrons. The van der Waals surface area contributed by atoms with Gasteiger partial charge in [-0.25, -0.2) is 9.97 Å². The van der Waals surface area contributed by atoms with Crippen LogP contribution in [0.2, 0.25) is 5.15 Å². The topological polar surface area (TPSA) is 75.6 Å². The molecule has 0 bridgehead atoms. The lowest BCUT2D eigenvalue weighted by Crippen LogP contribution is -1.95. The summed E-state index contributed by atoms with van der Waals surface area (Å²) in [5.41, 5.74) is 5.96. The average molecular weight is 195 g/mol. The van der Waals surface area contributed by atoms with E-state index in [0.29, 0.717) is 17.1 Å². The Morgan fingerprint density at radius 2 is 2.46 bits per heavy atom. The third kappa shape index (κ3) is 2.73. The standard InChI is InChI=1S/C8H7ClN4/c9-7-6(3-1-2-4-10)5-12-8(11)13-7/h1,3,5H,2H2,(H2,11,12,13). The molecule has 13 heavy (non-hydrogen) atoms. The normalized spacial score (nSPS) is 10.2. The Morgan fingerprint density at radius 1 is 1.69 bits per heavy atom. The van der Waals surface area contributed by atoms with Crippen molar-refractivity contribution in [2.45, 2.75) is 6.42 Å². The van der Waals surface area contributed by atoms with Crippen LogP contribution in [0.4, 0.5) is 5.95 Å². The van der Waals surface area contributed by atoms with Gasteiger partial charge in [-0.05, 0) is 0 Å². The van der Waals surface area contributed by atoms with Gasteiger partial charge in [-0.1, -0.05) is 23.8 Å². The van der Waals surface area contributed by atoms with Crippen LogP contribution in [-0.4, -0.2) is 9.97 Å². The van der Waals surface area contributed by atoms with Gasteiger partial charge in [-0.2, -0.15) is 5.26 Å². The molecule has 0 aliphatic heterocycles. The van der Waals surface area contributed by atoms with Crippen molar-refractivity contribution < 1.29 is 0 Å². The molecule has 1 aromatic rings. The molecule has 0 fully saturated rings. The number of aromatic nitrogens is 2. The Morgan fingerprint density at radius 3 is 3.08 bits per heavy atom. The molecular formula is C8H7ClN4. The van der Waals surface area contributed by atoms with Gasteiger partial charge in [0, 0.05) is 11.8 Å². The van der Waals surface area contributed by atoms with Crippen LogP contribution in [-0.2, 0) is 0 Å². The van der Waals surface area contributed by atoms with Crippen molar-refractivity contribution in [1.82, 2.24) is 9.97 Å². The summed E-state index contributed by atoms with van der Waals surface area (Å²) < 4.78 is 0. The maximum Gasteiger partial charge on any atom is 0.221 e. The van der Waals surface area contributed by atoms with Crippen LogP contribution in [0.15, 0.2) is 12.3 Å². The molecule has 0 saturated carbocycles. The molecule has 5 heteroatoms. The van der Waals surface area contributed by atoms with E-state index in [4.69, 9.17) is 22.6 Å². The minimum Gasteiger partial charge on any atom is -0.368 e. The van der Waals surface area contributed by atoms with E-state index in [0.717, 1.165) is 0 Å². The second-order valence-corrected chi connectivity index (χ2v) is 2.60. The fourth-order valence-corrected chi connectivity index (χ4v) is 0.932. The lowest BCUT2D eigenvalue weighted by atomic mass is 10.3. The first-order valence-corrected chi connectivity index (χ1v) is 3.93. The number of allylic oxidation sites excluding steroid dienone is 1. The molecule has 1 rings (SSSR count). The summed E-state index contributed by atoms with van der Waals surface area (Å²) in [6.07, 6.45) is 5.21. The van der Waals surface area contributed by atoms with Crippen LogP contribution < -0.4 is 5.73 Å². The van der Waals surface area contributed by atoms with E-state index in [1.165, 1.54) is 6.20 Å². The lowest BCUT2D eigenvalue weighted by molar-refractivity contribution is 1.18. The molecular weight excluding hydrogens is 188 g/mol. The molecule has 0 aromatic carbocycles. The highest BCUT2D eigenvalue weighted by Gasteiger charge is 1.98. The monoisotopic (exact) mass is 194 g/mol. The molecule has 1 heterocycles. The number of halogens is 1. The van der Waals surface area contributed by atoms with E-state index in [2.05, 4.69) is 9.97 Å². The van der Waals surface area contributed by atoms with Crippen molar-refractivity contribution in [3.63, 3.8) is 0 Å². The summed E-state index contributed by atoms with van der Waals surface area (Å²) in [5.74, 6) is 0.141. The highest BCUT2D eigenvalue weighted by molar-refractivity contribution is 6.30. The summed E-state index contributed by atoms with van der Waals surface area (Å²) in [4.78, 5) is 7.52. The zero-order chi connectivity index (χ0) is 9.68. The fourth-order valence-electron chi connectivity index (χ4n) is 0.733. The number of rotatable bonds is 2. The first kappa shape index (κ1) is 9.49. The van der Waals surface area contributed by atoms with Gasteiger partial charge >= 0.3 is 0 Å². The third-order valence-corrected chi connectivity index (χ3v) is 1.60. The van der Waals surface area contributed by atoms with Crippen molar-refractivity contribution in [3.05, 3.63) is 23.0 Å². The predicted molar refractivity (Wildman–Crippen MR) is 50.7 cm³/mol. The quantitative estimate of drug-likeness (QED) is 0.727. The molecule has 0 atom stereocenters. The Labute approximate surface area is 80.7 Å². The lowest BCUT2D eigenvalue weighted by Gasteiger charge is -1.96. The summed E-state index contributed by atoms with van der Waals surface area (Å²) >= 11 is 5.74. The van der Waals surface area contributed by atoms with E-state index in [9.17, 15) is 0 Å². The summed E-state index contributed by atoms with van der Waals surface area (Å²) in [7, 11) is 0. The molecule has 1 aromatic heterocycles. The minimum atomic E-state index is 0.141. The van der Waals surface area contributed by atoms with Crippen molar-refractivity contribution in [2.75, 3.05) is 5.73 Å². The van der Waals surface area contributed by atoms with Gasteiger partial charge in [-0.3, -0.25) is 0 Å². The predicted octanol–water partition coefficient (Wildman–Crippen LogP) is 1.64. The van der Waals surface area contributed by atoms with Gasteiger partial charge in [0.15, 0.2) is 0 Å². The van der Waals surface area contributed by atoms with Gasteiger partial charge in [-0.15, -0.1) is 0 Å². The third-order valence-electron chi connectivity index (χ3n) is 1.29. The van der Waals surface area contributed by atoms with Crippen molar-refractivity contribution >= 4 is 23.6 Å². The number of nitrogens with two attached hydrogens (primary N) is 1. The molecule has 4 nitrogen and oxygen atoms in total. The van der Waals surface area contributed by atoms with Crippen LogP contribution in [0.1, 0.15) is 12.0 Å². The smallest absolute Gasteiger partial charge is 0.221 e. The highest BCUT2D eigenvalue weighted by atomic mass is 35.5. The largest absolute Gasteiger partial charge is 0.368 e. The second kappa shape index (κ2) is 4.43. The highest BCUT2D eigenvalue weighted by Crippen LogP contribution is 2.14. The van der Waals surface area contributed by atoms with Crippen molar-refractivity contribution in [1.29, 1.82) is 5.26 Å². The van der Waals surface area contributed by atoms with Crippen molar-refractivity contribution in [3.8, 4) is 6.07 Å². The van der Waals surface area contributed by atoms with Crippen LogP contribution in [0.25, 0.3) is 6.08 Å². The van der Waals surface area contributed by atoms with E-state index in [1.807, 2.05) is 6.07 Å². The first-order chi connectivity index (χ1) is 6.24.